The van der Waals surface area contributed by atoms with Gasteiger partial charge in [-0.25, -0.2) is 0 Å². The summed E-state index contributed by atoms with van der Waals surface area (Å²) in [6, 6.07) is 13.2. The Morgan fingerprint density at radius 3 is 1.72 bits per heavy atom. The first-order valence-corrected chi connectivity index (χ1v) is 10.9. The van der Waals surface area contributed by atoms with Crippen LogP contribution in [0.1, 0.15) is 73.6 Å². The standard InChI is InChI=1S/C26H23N3O3/c1-12-18-11-16-7-5-6-8-17(16)26(29-32)23(18)13(2)22-15(4)25-20(28-31)10-9-19(27-30)24(25)14(3)21(12)22/h5-15H,1-4H3. The van der Waals surface area contributed by atoms with Crippen LogP contribution in [0.25, 0.3) is 10.8 Å². The van der Waals surface area contributed by atoms with Crippen molar-refractivity contribution < 1.29 is 0 Å². The number of hydrogen-bond donors (Lipinski definition) is 0. The number of benzene rings is 3. The number of rotatable bonds is 3. The fourth-order valence-electron chi connectivity index (χ4n) is 6.34. The minimum absolute atomic E-state index is 0.0271. The highest BCUT2D eigenvalue weighted by molar-refractivity contribution is 5.96. The van der Waals surface area contributed by atoms with Crippen LogP contribution >= 0.6 is 0 Å². The van der Waals surface area contributed by atoms with Gasteiger partial charge in [0.05, 0.1) is 0 Å². The minimum atomic E-state index is -0.137. The molecule has 2 aliphatic rings. The van der Waals surface area contributed by atoms with Crippen LogP contribution in [0.3, 0.4) is 0 Å². The highest BCUT2D eigenvalue weighted by Gasteiger charge is 2.43. The summed E-state index contributed by atoms with van der Waals surface area (Å²) in [4.78, 5) is 35.4. The Bertz CT molecular complexity index is 1360. The summed E-state index contributed by atoms with van der Waals surface area (Å²) in [6.45, 7) is 8.37. The van der Waals surface area contributed by atoms with E-state index in [9.17, 15) is 14.7 Å². The average molecular weight is 425 g/mol. The van der Waals surface area contributed by atoms with Crippen molar-refractivity contribution in [2.45, 2.75) is 51.4 Å². The molecule has 0 saturated carbocycles. The molecule has 5 rings (SSSR count). The molecule has 0 fully saturated rings. The zero-order chi connectivity index (χ0) is 22.7. The Kier molecular flexibility index (Phi) is 4.62. The summed E-state index contributed by atoms with van der Waals surface area (Å²) in [6.07, 6.45) is 0. The van der Waals surface area contributed by atoms with Crippen LogP contribution in [0.5, 0.6) is 0 Å². The van der Waals surface area contributed by atoms with E-state index in [0.717, 1.165) is 33.0 Å². The molecule has 6 nitrogen and oxygen atoms in total. The molecule has 0 saturated heterocycles. The summed E-state index contributed by atoms with van der Waals surface area (Å²) in [5, 5.41) is 11.9. The average Bonchev–Trinajstić information content (AvgIpc) is 2.82. The predicted octanol–water partition coefficient (Wildman–Crippen LogP) is 8.47. The van der Waals surface area contributed by atoms with Crippen molar-refractivity contribution in [1.29, 1.82) is 0 Å². The summed E-state index contributed by atoms with van der Waals surface area (Å²) in [5.41, 5.74) is 7.21. The van der Waals surface area contributed by atoms with Crippen LogP contribution in [0.2, 0.25) is 0 Å². The lowest BCUT2D eigenvalue weighted by Crippen LogP contribution is -2.27. The van der Waals surface area contributed by atoms with Crippen LogP contribution < -0.4 is 0 Å². The van der Waals surface area contributed by atoms with Gasteiger partial charge in [0, 0.05) is 29.1 Å². The Hall–Kier alpha value is -3.54. The summed E-state index contributed by atoms with van der Waals surface area (Å²) < 4.78 is 0. The second-order valence-corrected chi connectivity index (χ2v) is 8.95. The van der Waals surface area contributed by atoms with E-state index in [1.807, 2.05) is 31.2 Å². The summed E-state index contributed by atoms with van der Waals surface area (Å²) >= 11 is 0. The first-order chi connectivity index (χ1) is 15.4. The molecule has 4 atom stereocenters. The molecule has 160 valence electrons. The van der Waals surface area contributed by atoms with E-state index in [1.165, 1.54) is 11.1 Å². The SMILES string of the molecule is CC1C2=C(C(C)c3c(N=O)ccc(N=O)c3C2C)C(C)c2c1cc1ccccc1c2N=O. The molecule has 0 N–H and O–H groups in total. The number of hydrogen-bond acceptors (Lipinski definition) is 6. The predicted molar refractivity (Wildman–Crippen MR) is 127 cm³/mol. The number of nitroso groups, excluding NO2 is 3. The normalized spacial score (nSPS) is 23.9. The van der Waals surface area contributed by atoms with Gasteiger partial charge in [-0.05, 0) is 55.3 Å². The summed E-state index contributed by atoms with van der Waals surface area (Å²) in [5.74, 6) is -0.275. The molecule has 0 heterocycles. The van der Waals surface area contributed by atoms with Gasteiger partial charge in [-0.3, -0.25) is 0 Å². The Morgan fingerprint density at radius 2 is 1.16 bits per heavy atom. The Balaban J connectivity index is 1.83. The van der Waals surface area contributed by atoms with Gasteiger partial charge in [0.15, 0.2) is 0 Å². The molecular weight excluding hydrogens is 402 g/mol. The second-order valence-electron chi connectivity index (χ2n) is 8.95. The zero-order valence-electron chi connectivity index (χ0n) is 18.4. The quantitative estimate of drug-likeness (QED) is 0.311. The van der Waals surface area contributed by atoms with Crippen molar-refractivity contribution in [3.8, 4) is 0 Å². The Morgan fingerprint density at radius 1 is 0.625 bits per heavy atom. The smallest absolute Gasteiger partial charge is 0.119 e. The molecule has 0 bridgehead atoms. The van der Waals surface area contributed by atoms with E-state index in [1.54, 1.807) is 12.1 Å². The van der Waals surface area contributed by atoms with Crippen LogP contribution in [-0.4, -0.2) is 0 Å². The van der Waals surface area contributed by atoms with Crippen LogP contribution in [0.15, 0.2) is 69.1 Å². The highest BCUT2D eigenvalue weighted by Crippen LogP contribution is 2.60. The third-order valence-corrected chi connectivity index (χ3v) is 7.59. The van der Waals surface area contributed by atoms with E-state index >= 15 is 0 Å². The number of allylic oxidation sites excluding steroid dienone is 2. The van der Waals surface area contributed by atoms with Gasteiger partial charge < -0.3 is 0 Å². The van der Waals surface area contributed by atoms with Gasteiger partial charge in [0.1, 0.15) is 17.1 Å². The maximum Gasteiger partial charge on any atom is 0.119 e. The molecule has 3 aromatic carbocycles. The molecule has 32 heavy (non-hydrogen) atoms. The van der Waals surface area contributed by atoms with Gasteiger partial charge in [-0.2, -0.15) is 0 Å². The first-order valence-electron chi connectivity index (χ1n) is 10.9. The van der Waals surface area contributed by atoms with E-state index in [-0.39, 0.29) is 23.7 Å². The van der Waals surface area contributed by atoms with Crippen molar-refractivity contribution in [2.24, 2.45) is 15.5 Å². The van der Waals surface area contributed by atoms with Gasteiger partial charge in [0.2, 0.25) is 0 Å². The van der Waals surface area contributed by atoms with Crippen molar-refractivity contribution in [1.82, 2.24) is 0 Å². The number of fused-ring (bicyclic) bond motifs is 3. The minimum Gasteiger partial charge on any atom is -0.145 e. The van der Waals surface area contributed by atoms with Gasteiger partial charge in [-0.1, -0.05) is 69.2 Å². The molecule has 0 aliphatic heterocycles. The van der Waals surface area contributed by atoms with Gasteiger partial charge >= 0.3 is 0 Å². The molecule has 0 spiro atoms. The third kappa shape index (κ3) is 2.52. The van der Waals surface area contributed by atoms with Crippen molar-refractivity contribution >= 4 is 27.8 Å². The van der Waals surface area contributed by atoms with Crippen LogP contribution in [-0.2, 0) is 0 Å². The molecule has 0 amide bonds. The lowest BCUT2D eigenvalue weighted by Gasteiger charge is -2.43. The fraction of sp³-hybridized carbons (Fsp3) is 0.308. The number of nitrogens with zero attached hydrogens (tertiary/aromatic N) is 3. The lowest BCUT2D eigenvalue weighted by molar-refractivity contribution is 0.603. The maximum absolute atomic E-state index is 12.1. The molecule has 3 aromatic rings. The highest BCUT2D eigenvalue weighted by atomic mass is 16.3. The largest absolute Gasteiger partial charge is 0.145 e. The monoisotopic (exact) mass is 425 g/mol. The van der Waals surface area contributed by atoms with Gasteiger partial charge in [0.25, 0.3) is 0 Å². The molecule has 0 aromatic heterocycles. The van der Waals surface area contributed by atoms with E-state index < -0.39 is 0 Å². The molecule has 4 unspecified atom stereocenters. The van der Waals surface area contributed by atoms with Crippen LogP contribution in [0, 0.1) is 14.7 Å². The van der Waals surface area contributed by atoms with Crippen molar-refractivity contribution in [2.75, 3.05) is 0 Å². The zero-order valence-corrected chi connectivity index (χ0v) is 18.4. The molecule has 2 aliphatic carbocycles. The lowest BCUT2D eigenvalue weighted by atomic mass is 9.60. The molecular formula is C26H23N3O3. The third-order valence-electron chi connectivity index (χ3n) is 7.59. The van der Waals surface area contributed by atoms with Crippen molar-refractivity contribution in [3.05, 3.63) is 90.6 Å². The molecule has 6 heteroatoms. The van der Waals surface area contributed by atoms with E-state index in [2.05, 4.69) is 42.4 Å². The maximum atomic E-state index is 12.1. The molecule has 0 radical (unpaired) electrons. The van der Waals surface area contributed by atoms with E-state index in [4.69, 9.17) is 0 Å². The van der Waals surface area contributed by atoms with Crippen molar-refractivity contribution in [3.63, 3.8) is 0 Å². The topological polar surface area (TPSA) is 88.3 Å². The summed E-state index contributed by atoms with van der Waals surface area (Å²) in [7, 11) is 0. The van der Waals surface area contributed by atoms with Crippen LogP contribution in [0.4, 0.5) is 17.1 Å². The fourth-order valence-corrected chi connectivity index (χ4v) is 6.34. The Labute approximate surface area is 185 Å². The first kappa shape index (κ1) is 20.4. The second kappa shape index (κ2) is 7.26. The van der Waals surface area contributed by atoms with E-state index in [0.29, 0.717) is 17.1 Å². The van der Waals surface area contributed by atoms with Gasteiger partial charge in [-0.15, -0.1) is 14.7 Å².